The van der Waals surface area contributed by atoms with Gasteiger partial charge in [0, 0.05) is 30.8 Å². The summed E-state index contributed by atoms with van der Waals surface area (Å²) in [4.78, 5) is 18.9. The number of halogens is 1. The molecule has 1 aromatic carbocycles. The fourth-order valence-electron chi connectivity index (χ4n) is 3.17. The Morgan fingerprint density at radius 1 is 1.29 bits per heavy atom. The quantitative estimate of drug-likeness (QED) is 0.831. The SMILES string of the molecule is COCC(=O)N1CCC[C@H]1c1cccc(Cc2ccc(Cl)cc2)n1. The van der Waals surface area contributed by atoms with E-state index in [4.69, 9.17) is 21.3 Å². The summed E-state index contributed by atoms with van der Waals surface area (Å²) in [6.45, 7) is 0.900. The van der Waals surface area contributed by atoms with Gasteiger partial charge < -0.3 is 9.64 Å². The zero-order chi connectivity index (χ0) is 16.9. The first kappa shape index (κ1) is 16.9. The van der Waals surface area contributed by atoms with Gasteiger partial charge in [-0.25, -0.2) is 0 Å². The van der Waals surface area contributed by atoms with Crippen molar-refractivity contribution in [3.8, 4) is 0 Å². The van der Waals surface area contributed by atoms with Gasteiger partial charge in [-0.15, -0.1) is 0 Å². The van der Waals surface area contributed by atoms with Crippen molar-refractivity contribution < 1.29 is 9.53 Å². The van der Waals surface area contributed by atoms with Crippen LogP contribution in [0.3, 0.4) is 0 Å². The van der Waals surface area contributed by atoms with Gasteiger partial charge in [-0.2, -0.15) is 0 Å². The Hall–Kier alpha value is -1.91. The zero-order valence-electron chi connectivity index (χ0n) is 13.7. The summed E-state index contributed by atoms with van der Waals surface area (Å²) in [5.41, 5.74) is 3.13. The lowest BCUT2D eigenvalue weighted by molar-refractivity contribution is -0.136. The van der Waals surface area contributed by atoms with Crippen LogP contribution in [0, 0.1) is 0 Å². The van der Waals surface area contributed by atoms with E-state index in [1.54, 1.807) is 7.11 Å². The Morgan fingerprint density at radius 2 is 2.08 bits per heavy atom. The first-order chi connectivity index (χ1) is 11.7. The molecule has 2 heterocycles. The third kappa shape index (κ3) is 3.94. The second-order valence-electron chi connectivity index (χ2n) is 6.04. The van der Waals surface area contributed by atoms with Crippen LogP contribution in [0.25, 0.3) is 0 Å². The van der Waals surface area contributed by atoms with Crippen LogP contribution in [-0.4, -0.2) is 36.1 Å². The Labute approximate surface area is 147 Å². The Bertz CT molecular complexity index is 703. The molecule has 0 bridgehead atoms. The van der Waals surface area contributed by atoms with Gasteiger partial charge in [0.25, 0.3) is 0 Å². The molecule has 1 aliphatic rings. The van der Waals surface area contributed by atoms with Crippen molar-refractivity contribution in [1.29, 1.82) is 0 Å². The minimum atomic E-state index is 0.0323. The molecule has 2 aromatic rings. The van der Waals surface area contributed by atoms with Gasteiger partial charge in [0.1, 0.15) is 6.61 Å². The molecular weight excluding hydrogens is 324 g/mol. The van der Waals surface area contributed by atoms with Crippen molar-refractivity contribution >= 4 is 17.5 Å². The van der Waals surface area contributed by atoms with Gasteiger partial charge in [-0.1, -0.05) is 29.8 Å². The number of amides is 1. The lowest BCUT2D eigenvalue weighted by atomic mass is 10.1. The number of methoxy groups -OCH3 is 1. The molecule has 0 N–H and O–H groups in total. The van der Waals surface area contributed by atoms with Gasteiger partial charge >= 0.3 is 0 Å². The van der Waals surface area contributed by atoms with E-state index in [9.17, 15) is 4.79 Å². The number of hydrogen-bond acceptors (Lipinski definition) is 3. The van der Waals surface area contributed by atoms with Crippen molar-refractivity contribution in [2.24, 2.45) is 0 Å². The Balaban J connectivity index is 1.77. The maximum Gasteiger partial charge on any atom is 0.249 e. The number of pyridine rings is 1. The van der Waals surface area contributed by atoms with Crippen molar-refractivity contribution in [2.75, 3.05) is 20.3 Å². The summed E-state index contributed by atoms with van der Waals surface area (Å²) < 4.78 is 4.99. The number of nitrogens with zero attached hydrogens (tertiary/aromatic N) is 2. The molecule has 1 atom stereocenters. The molecule has 5 heteroatoms. The average molecular weight is 345 g/mol. The van der Waals surface area contributed by atoms with Gasteiger partial charge in [0.15, 0.2) is 0 Å². The molecule has 126 valence electrons. The van der Waals surface area contributed by atoms with E-state index < -0.39 is 0 Å². The molecule has 4 nitrogen and oxygen atoms in total. The first-order valence-electron chi connectivity index (χ1n) is 8.16. The van der Waals surface area contributed by atoms with Gasteiger partial charge in [0.2, 0.25) is 5.91 Å². The van der Waals surface area contributed by atoms with Gasteiger partial charge in [0.05, 0.1) is 11.7 Å². The molecule has 1 aromatic heterocycles. The number of benzene rings is 1. The predicted molar refractivity (Wildman–Crippen MR) is 94.1 cm³/mol. The number of ether oxygens (including phenoxy) is 1. The highest BCUT2D eigenvalue weighted by Crippen LogP contribution is 2.31. The number of carbonyl (C=O) groups excluding carboxylic acids is 1. The maximum absolute atomic E-state index is 12.2. The van der Waals surface area contributed by atoms with Crippen LogP contribution in [0.5, 0.6) is 0 Å². The summed E-state index contributed by atoms with van der Waals surface area (Å²) in [6.07, 6.45) is 2.71. The van der Waals surface area contributed by atoms with Crippen LogP contribution >= 0.6 is 11.6 Å². The molecular formula is C19H21ClN2O2. The molecule has 0 saturated carbocycles. The molecule has 1 amide bonds. The van der Waals surface area contributed by atoms with Gasteiger partial charge in [-0.3, -0.25) is 9.78 Å². The third-order valence-corrected chi connectivity index (χ3v) is 4.56. The fourth-order valence-corrected chi connectivity index (χ4v) is 3.30. The first-order valence-corrected chi connectivity index (χ1v) is 8.54. The molecule has 24 heavy (non-hydrogen) atoms. The van der Waals surface area contributed by atoms with Crippen LogP contribution in [0.4, 0.5) is 0 Å². The van der Waals surface area contributed by atoms with E-state index in [1.807, 2.05) is 47.4 Å². The summed E-state index contributed by atoms with van der Waals surface area (Å²) >= 11 is 5.93. The number of carbonyl (C=O) groups is 1. The van der Waals surface area contributed by atoms with Crippen LogP contribution in [0.1, 0.15) is 35.8 Å². The second-order valence-corrected chi connectivity index (χ2v) is 6.47. The molecule has 3 rings (SSSR count). The minimum Gasteiger partial charge on any atom is -0.375 e. The highest BCUT2D eigenvalue weighted by atomic mass is 35.5. The van der Waals surface area contributed by atoms with Crippen LogP contribution < -0.4 is 0 Å². The Morgan fingerprint density at radius 3 is 2.83 bits per heavy atom. The number of rotatable bonds is 5. The standard InChI is InChI=1S/C19H21ClN2O2/c1-24-13-19(23)22-11-3-6-18(22)17-5-2-4-16(21-17)12-14-7-9-15(20)10-8-14/h2,4-5,7-10,18H,3,6,11-13H2,1H3/t18-/m0/s1. The van der Waals surface area contributed by atoms with Crippen molar-refractivity contribution in [3.63, 3.8) is 0 Å². The Kier molecular flexibility index (Phi) is 5.48. The lowest BCUT2D eigenvalue weighted by Gasteiger charge is -2.24. The number of aromatic nitrogens is 1. The van der Waals surface area contributed by atoms with Crippen LogP contribution in [0.2, 0.25) is 5.02 Å². The van der Waals surface area contributed by atoms with Crippen molar-refractivity contribution in [2.45, 2.75) is 25.3 Å². The normalized spacial score (nSPS) is 17.2. The van der Waals surface area contributed by atoms with Crippen LogP contribution in [0.15, 0.2) is 42.5 Å². The second kappa shape index (κ2) is 7.77. The van der Waals surface area contributed by atoms with E-state index in [-0.39, 0.29) is 18.6 Å². The van der Waals surface area contributed by atoms with Crippen molar-refractivity contribution in [1.82, 2.24) is 9.88 Å². The monoisotopic (exact) mass is 344 g/mol. The van der Waals surface area contributed by atoms with Crippen molar-refractivity contribution in [3.05, 3.63) is 64.4 Å². The largest absolute Gasteiger partial charge is 0.375 e. The average Bonchev–Trinajstić information content (AvgIpc) is 3.07. The molecule has 0 radical (unpaired) electrons. The molecule has 0 unspecified atom stereocenters. The topological polar surface area (TPSA) is 42.4 Å². The maximum atomic E-state index is 12.2. The lowest BCUT2D eigenvalue weighted by Crippen LogP contribution is -2.33. The molecule has 0 spiro atoms. The summed E-state index contributed by atoms with van der Waals surface area (Å²) in [6, 6.07) is 13.9. The van der Waals surface area contributed by atoms with Crippen LogP contribution in [-0.2, 0) is 16.0 Å². The predicted octanol–water partition coefficient (Wildman–Crippen LogP) is 3.64. The summed E-state index contributed by atoms with van der Waals surface area (Å²) in [5.74, 6) is 0.0323. The van der Waals surface area contributed by atoms with E-state index in [0.29, 0.717) is 0 Å². The zero-order valence-corrected chi connectivity index (χ0v) is 14.5. The third-order valence-electron chi connectivity index (χ3n) is 4.31. The summed E-state index contributed by atoms with van der Waals surface area (Å²) in [7, 11) is 1.55. The minimum absolute atomic E-state index is 0.0323. The smallest absolute Gasteiger partial charge is 0.249 e. The van der Waals surface area contributed by atoms with Gasteiger partial charge in [-0.05, 0) is 42.7 Å². The van der Waals surface area contributed by atoms with E-state index >= 15 is 0 Å². The van der Waals surface area contributed by atoms with E-state index in [2.05, 4.69) is 0 Å². The molecule has 1 saturated heterocycles. The fraction of sp³-hybridized carbons (Fsp3) is 0.368. The molecule has 0 aliphatic carbocycles. The number of likely N-dealkylation sites (tertiary alicyclic amines) is 1. The highest BCUT2D eigenvalue weighted by molar-refractivity contribution is 6.30. The van der Waals surface area contributed by atoms with E-state index in [0.717, 1.165) is 42.2 Å². The summed E-state index contributed by atoms with van der Waals surface area (Å²) in [5, 5.41) is 0.735. The highest BCUT2D eigenvalue weighted by Gasteiger charge is 2.30. The number of hydrogen-bond donors (Lipinski definition) is 0. The molecule has 1 aliphatic heterocycles. The van der Waals surface area contributed by atoms with E-state index in [1.165, 1.54) is 5.56 Å². The molecule has 1 fully saturated rings.